The van der Waals surface area contributed by atoms with E-state index in [4.69, 9.17) is 0 Å². The molecule has 0 aromatic heterocycles. The Kier molecular flexibility index (Phi) is 4.23. The van der Waals surface area contributed by atoms with Gasteiger partial charge in [-0.2, -0.15) is 0 Å². The summed E-state index contributed by atoms with van der Waals surface area (Å²) in [6.45, 7) is 11.0. The Hall–Kier alpha value is -2.69. The average molecular weight is 312 g/mol. The highest BCUT2D eigenvalue weighted by atomic mass is 16.2. The van der Waals surface area contributed by atoms with Crippen molar-refractivity contribution in [3.05, 3.63) is 59.4 Å². The third-order valence-electron chi connectivity index (χ3n) is 3.94. The molecule has 120 valence electrons. The molecule has 1 aliphatic carbocycles. The van der Waals surface area contributed by atoms with Crippen LogP contribution in [0.3, 0.4) is 0 Å². The summed E-state index contributed by atoms with van der Waals surface area (Å²) in [7, 11) is 0. The summed E-state index contributed by atoms with van der Waals surface area (Å²) in [6.07, 6.45) is 2.98. The summed E-state index contributed by atoms with van der Waals surface area (Å²) in [5.74, 6) is -0.728. The van der Waals surface area contributed by atoms with E-state index in [0.29, 0.717) is 16.8 Å². The van der Waals surface area contributed by atoms with Crippen molar-refractivity contribution in [2.45, 2.75) is 33.2 Å². The molecule has 1 aromatic rings. The Bertz CT molecular complexity index is 749. The molecule has 5 heteroatoms. The van der Waals surface area contributed by atoms with Crippen LogP contribution in [0.2, 0.25) is 0 Å². The number of rotatable bonds is 1. The summed E-state index contributed by atoms with van der Waals surface area (Å²) < 4.78 is 0. The molecule has 1 unspecified atom stereocenters. The number of nitrogens with one attached hydrogen (secondary N) is 1. The highest BCUT2D eigenvalue weighted by Crippen LogP contribution is 2.36. The van der Waals surface area contributed by atoms with Gasteiger partial charge in [-0.25, -0.2) is 4.79 Å². The van der Waals surface area contributed by atoms with E-state index in [1.807, 2.05) is 20.8 Å². The van der Waals surface area contributed by atoms with Gasteiger partial charge in [0, 0.05) is 23.0 Å². The summed E-state index contributed by atoms with van der Waals surface area (Å²) in [5, 5.41) is 2.51. The first-order valence-electron chi connectivity index (χ1n) is 7.53. The van der Waals surface area contributed by atoms with E-state index in [0.717, 1.165) is 10.5 Å². The van der Waals surface area contributed by atoms with Crippen LogP contribution in [0.15, 0.2) is 42.8 Å². The van der Waals surface area contributed by atoms with Crippen LogP contribution >= 0.6 is 0 Å². The first kappa shape index (κ1) is 16.7. The predicted molar refractivity (Wildman–Crippen MR) is 88.2 cm³/mol. The predicted octanol–water partition coefficient (Wildman–Crippen LogP) is 3.21. The molecule has 1 N–H and O–H groups in total. The van der Waals surface area contributed by atoms with Gasteiger partial charge in [0.15, 0.2) is 17.1 Å². The number of nitrogens with zero attached hydrogens (tertiary/aromatic N) is 1. The second-order valence-electron chi connectivity index (χ2n) is 5.42. The van der Waals surface area contributed by atoms with Gasteiger partial charge in [-0.05, 0) is 26.0 Å². The van der Waals surface area contributed by atoms with Gasteiger partial charge in [-0.1, -0.05) is 38.1 Å². The van der Waals surface area contributed by atoms with Gasteiger partial charge in [0.2, 0.25) is 0 Å². The first-order valence-corrected chi connectivity index (χ1v) is 7.53. The quantitative estimate of drug-likeness (QED) is 0.810. The van der Waals surface area contributed by atoms with Crippen molar-refractivity contribution in [3.63, 3.8) is 0 Å². The van der Waals surface area contributed by atoms with Gasteiger partial charge < -0.3 is 5.32 Å². The Morgan fingerprint density at radius 3 is 2.30 bits per heavy atom. The van der Waals surface area contributed by atoms with Gasteiger partial charge >= 0.3 is 6.03 Å². The molecule has 0 fully saturated rings. The summed E-state index contributed by atoms with van der Waals surface area (Å²) in [6, 6.07) is 4.58. The van der Waals surface area contributed by atoms with Gasteiger partial charge in [-0.3, -0.25) is 14.5 Å². The number of ketones is 2. The van der Waals surface area contributed by atoms with Crippen molar-refractivity contribution in [2.24, 2.45) is 0 Å². The molecule has 23 heavy (non-hydrogen) atoms. The Morgan fingerprint density at radius 2 is 1.70 bits per heavy atom. The fourth-order valence-electron chi connectivity index (χ4n) is 2.71. The molecule has 3 rings (SSSR count). The molecular weight excluding hydrogens is 292 g/mol. The molecule has 1 aliphatic heterocycles. The van der Waals surface area contributed by atoms with Crippen LogP contribution in [0.5, 0.6) is 0 Å². The maximum Gasteiger partial charge on any atom is 0.327 e. The number of carbonyl (C=O) groups is 3. The van der Waals surface area contributed by atoms with Crippen molar-refractivity contribution >= 4 is 17.6 Å². The summed E-state index contributed by atoms with van der Waals surface area (Å²) >= 11 is 0. The number of allylic oxidation sites excluding steroid dienone is 1. The largest absolute Gasteiger partial charge is 0.327 e. The number of hydrogen-bond donors (Lipinski definition) is 1. The van der Waals surface area contributed by atoms with Crippen LogP contribution in [-0.4, -0.2) is 28.0 Å². The number of benzene rings is 1. The topological polar surface area (TPSA) is 66.5 Å². The van der Waals surface area contributed by atoms with Gasteiger partial charge in [0.1, 0.15) is 0 Å². The minimum absolute atomic E-state index is 0.360. The minimum Gasteiger partial charge on any atom is -0.308 e. The molecule has 2 aliphatic rings. The highest BCUT2D eigenvalue weighted by Gasteiger charge is 2.55. The Labute approximate surface area is 135 Å². The molecule has 0 saturated heterocycles. The number of urea groups is 1. The molecule has 1 aromatic carbocycles. The van der Waals surface area contributed by atoms with E-state index in [1.54, 1.807) is 24.3 Å². The van der Waals surface area contributed by atoms with E-state index in [-0.39, 0.29) is 11.6 Å². The number of aryl methyl sites for hydroxylation is 1. The van der Waals surface area contributed by atoms with Crippen molar-refractivity contribution in [1.82, 2.24) is 10.2 Å². The number of hydrogen-bond acceptors (Lipinski definition) is 3. The van der Waals surface area contributed by atoms with Crippen LogP contribution in [0.1, 0.15) is 47.1 Å². The van der Waals surface area contributed by atoms with Crippen molar-refractivity contribution in [2.75, 3.05) is 0 Å². The maximum absolute atomic E-state index is 12.7. The zero-order valence-corrected chi connectivity index (χ0v) is 13.8. The summed E-state index contributed by atoms with van der Waals surface area (Å²) in [5.41, 5.74) is 0.501. The van der Waals surface area contributed by atoms with Crippen LogP contribution in [0.4, 0.5) is 4.79 Å². The third-order valence-corrected chi connectivity index (χ3v) is 3.94. The van der Waals surface area contributed by atoms with E-state index in [9.17, 15) is 14.4 Å². The monoisotopic (exact) mass is 312 g/mol. The van der Waals surface area contributed by atoms with E-state index < -0.39 is 11.6 Å². The van der Waals surface area contributed by atoms with Gasteiger partial charge in [0.05, 0.1) is 0 Å². The number of carbonyl (C=O) groups excluding carboxylic acids is 3. The second-order valence-corrected chi connectivity index (χ2v) is 5.42. The van der Waals surface area contributed by atoms with Crippen LogP contribution < -0.4 is 5.32 Å². The maximum atomic E-state index is 12.7. The highest BCUT2D eigenvalue weighted by molar-refractivity contribution is 6.33. The average Bonchev–Trinajstić information content (AvgIpc) is 2.71. The number of amides is 2. The molecule has 0 saturated carbocycles. The zero-order chi connectivity index (χ0) is 17.4. The van der Waals surface area contributed by atoms with Crippen LogP contribution in [0.25, 0.3) is 0 Å². The summed E-state index contributed by atoms with van der Waals surface area (Å²) in [4.78, 5) is 38.6. The van der Waals surface area contributed by atoms with E-state index in [2.05, 4.69) is 11.9 Å². The van der Waals surface area contributed by atoms with Crippen LogP contribution in [-0.2, 0) is 0 Å². The number of fused-ring (bicyclic) bond motifs is 1. The molecule has 1 atom stereocenters. The van der Waals surface area contributed by atoms with Crippen molar-refractivity contribution < 1.29 is 14.4 Å². The second kappa shape index (κ2) is 5.83. The lowest BCUT2D eigenvalue weighted by molar-refractivity contribution is 0.0665. The van der Waals surface area contributed by atoms with Gasteiger partial charge in [0.25, 0.3) is 0 Å². The molecule has 0 bridgehead atoms. The molecule has 1 heterocycles. The first-order chi connectivity index (χ1) is 10.9. The van der Waals surface area contributed by atoms with Crippen molar-refractivity contribution in [1.29, 1.82) is 0 Å². The van der Waals surface area contributed by atoms with Crippen LogP contribution in [0, 0.1) is 6.92 Å². The Morgan fingerprint density at radius 1 is 1.09 bits per heavy atom. The molecule has 0 spiro atoms. The molecule has 2 amide bonds. The standard InChI is InChI=1S/C16H14N2O3.C2H6/c1-9-4-5-11-12(8-9)14(20)16(3,13(11)19)18-7-6-10(2)17-15(18)21;1-2/h4-8H,2H2,1,3H3,(H,17,21);1-2H3. The fourth-order valence-corrected chi connectivity index (χ4v) is 2.71. The zero-order valence-electron chi connectivity index (χ0n) is 13.8. The minimum atomic E-state index is -1.54. The SMILES string of the molecule is C=C1C=CN(C2(C)C(=O)c3ccc(C)cc3C2=O)C(=O)N1.CC. The van der Waals surface area contributed by atoms with E-state index in [1.165, 1.54) is 13.1 Å². The lowest BCUT2D eigenvalue weighted by Gasteiger charge is -2.34. The smallest absolute Gasteiger partial charge is 0.308 e. The normalized spacial score (nSPS) is 22.5. The van der Waals surface area contributed by atoms with Gasteiger partial charge in [-0.15, -0.1) is 0 Å². The molecular formula is C18H20N2O3. The van der Waals surface area contributed by atoms with E-state index >= 15 is 0 Å². The fraction of sp³-hybridized carbons (Fsp3) is 0.278. The van der Waals surface area contributed by atoms with Crippen molar-refractivity contribution in [3.8, 4) is 0 Å². The number of Topliss-reactive ketones (excluding diaryl/α,β-unsaturated/α-hetero) is 2. The lowest BCUT2D eigenvalue weighted by atomic mass is 9.93. The third kappa shape index (κ3) is 2.38. The Balaban J connectivity index is 0.000000924. The molecule has 5 nitrogen and oxygen atoms in total. The molecule has 0 radical (unpaired) electrons. The lowest BCUT2D eigenvalue weighted by Crippen LogP contribution is -2.58.